The molecule has 0 atom stereocenters. The number of hydrogen-bond acceptors (Lipinski definition) is 3. The molecule has 0 saturated carbocycles. The van der Waals surface area contributed by atoms with Crippen molar-refractivity contribution >= 4 is 0 Å². The van der Waals surface area contributed by atoms with Crippen molar-refractivity contribution in [1.82, 2.24) is 9.80 Å². The van der Waals surface area contributed by atoms with Crippen molar-refractivity contribution < 1.29 is 4.74 Å². The van der Waals surface area contributed by atoms with Crippen molar-refractivity contribution in [3.8, 4) is 5.75 Å². The fourth-order valence-corrected chi connectivity index (χ4v) is 3.66. The number of aryl methyl sites for hydroxylation is 1. The fourth-order valence-electron chi connectivity index (χ4n) is 3.66. The molecule has 0 unspecified atom stereocenters. The third kappa shape index (κ3) is 6.63. The highest BCUT2D eigenvalue weighted by molar-refractivity contribution is 5.26. The molecule has 2 rings (SSSR count). The summed E-state index contributed by atoms with van der Waals surface area (Å²) in [6, 6.07) is 9.10. The van der Waals surface area contributed by atoms with Gasteiger partial charge in [-0.15, -0.1) is 0 Å². The Bertz CT molecular complexity index is 484. The van der Waals surface area contributed by atoms with E-state index in [1.807, 2.05) is 0 Å². The second-order valence-electron chi connectivity index (χ2n) is 8.44. The van der Waals surface area contributed by atoms with Crippen LogP contribution in [0.2, 0.25) is 0 Å². The van der Waals surface area contributed by atoms with E-state index in [1.165, 1.54) is 50.9 Å². The second-order valence-corrected chi connectivity index (χ2v) is 8.44. The zero-order valence-corrected chi connectivity index (χ0v) is 17.1. The molecule has 1 aliphatic heterocycles. The molecular weight excluding hydrogens is 308 g/mol. The lowest BCUT2D eigenvalue weighted by molar-refractivity contribution is 0.0503. The van der Waals surface area contributed by atoms with E-state index in [0.717, 1.165) is 18.9 Å². The molecule has 1 aromatic rings. The molecule has 0 spiro atoms. The van der Waals surface area contributed by atoms with Crippen LogP contribution in [0.1, 0.15) is 58.9 Å². The van der Waals surface area contributed by atoms with Gasteiger partial charge >= 0.3 is 0 Å². The number of ether oxygens (including phenoxy) is 1. The molecule has 1 aliphatic rings. The van der Waals surface area contributed by atoms with Crippen LogP contribution in [0.5, 0.6) is 5.75 Å². The Morgan fingerprint density at radius 1 is 1.08 bits per heavy atom. The number of likely N-dealkylation sites (tertiary alicyclic amines) is 1. The number of benzene rings is 1. The zero-order valence-electron chi connectivity index (χ0n) is 17.1. The zero-order chi connectivity index (χ0) is 18.3. The largest absolute Gasteiger partial charge is 0.492 e. The highest BCUT2D eigenvalue weighted by Crippen LogP contribution is 2.23. The highest BCUT2D eigenvalue weighted by Gasteiger charge is 2.29. The molecule has 3 nitrogen and oxygen atoms in total. The van der Waals surface area contributed by atoms with Crippen LogP contribution in [-0.4, -0.2) is 54.2 Å². The molecule has 0 aliphatic carbocycles. The van der Waals surface area contributed by atoms with E-state index >= 15 is 0 Å². The summed E-state index contributed by atoms with van der Waals surface area (Å²) in [6.45, 7) is 16.8. The summed E-state index contributed by atoms with van der Waals surface area (Å²) in [6.07, 6.45) is 5.11. The number of rotatable bonds is 8. The quantitative estimate of drug-likeness (QED) is 0.676. The number of unbranched alkanes of at least 4 members (excludes halogenated alkanes) is 1. The highest BCUT2D eigenvalue weighted by atomic mass is 16.5. The molecule has 0 aromatic heterocycles. The van der Waals surface area contributed by atoms with Gasteiger partial charge in [0.05, 0.1) is 0 Å². The van der Waals surface area contributed by atoms with Crippen molar-refractivity contribution in [3.05, 3.63) is 29.8 Å². The minimum atomic E-state index is 0.299. The molecule has 25 heavy (non-hydrogen) atoms. The van der Waals surface area contributed by atoms with Crippen LogP contribution >= 0.6 is 0 Å². The van der Waals surface area contributed by atoms with Gasteiger partial charge in [-0.25, -0.2) is 0 Å². The predicted molar refractivity (Wildman–Crippen MR) is 108 cm³/mol. The van der Waals surface area contributed by atoms with E-state index in [2.05, 4.69) is 68.7 Å². The molecule has 142 valence electrons. The summed E-state index contributed by atoms with van der Waals surface area (Å²) in [7, 11) is 0. The normalized spacial score (nSPS) is 17.2. The van der Waals surface area contributed by atoms with Crippen molar-refractivity contribution in [3.63, 3.8) is 0 Å². The Balaban J connectivity index is 1.83. The van der Waals surface area contributed by atoms with E-state index in [4.69, 9.17) is 4.74 Å². The number of nitrogens with zero attached hydrogens (tertiary/aromatic N) is 2. The summed E-state index contributed by atoms with van der Waals surface area (Å²) in [4.78, 5) is 5.31. The molecule has 0 amide bonds. The van der Waals surface area contributed by atoms with Gasteiger partial charge in [0.2, 0.25) is 0 Å². The van der Waals surface area contributed by atoms with Crippen molar-refractivity contribution in [1.29, 1.82) is 0 Å². The average Bonchev–Trinajstić information content (AvgIpc) is 2.59. The number of piperidine rings is 1. The molecule has 1 heterocycles. The molecule has 0 bridgehead atoms. The Labute approximate surface area is 155 Å². The van der Waals surface area contributed by atoms with Crippen molar-refractivity contribution in [2.24, 2.45) is 0 Å². The van der Waals surface area contributed by atoms with E-state index in [9.17, 15) is 0 Å². The molecule has 0 N–H and O–H groups in total. The summed E-state index contributed by atoms with van der Waals surface area (Å²) < 4.78 is 5.99. The average molecular weight is 347 g/mol. The Hall–Kier alpha value is -1.06. The van der Waals surface area contributed by atoms with Crippen molar-refractivity contribution in [2.75, 3.05) is 32.8 Å². The van der Waals surface area contributed by atoms with Crippen LogP contribution in [0.15, 0.2) is 24.3 Å². The molecule has 0 radical (unpaired) electrons. The molecule has 1 aromatic carbocycles. The molecule has 3 heteroatoms. The van der Waals surface area contributed by atoms with Crippen LogP contribution in [0.4, 0.5) is 0 Å². The Kier molecular flexibility index (Phi) is 7.77. The van der Waals surface area contributed by atoms with Crippen LogP contribution < -0.4 is 4.74 Å². The van der Waals surface area contributed by atoms with Gasteiger partial charge < -0.3 is 4.74 Å². The van der Waals surface area contributed by atoms with Gasteiger partial charge in [0.1, 0.15) is 12.4 Å². The monoisotopic (exact) mass is 346 g/mol. The predicted octanol–water partition coefficient (Wildman–Crippen LogP) is 4.74. The van der Waals surface area contributed by atoms with E-state index in [0.29, 0.717) is 11.6 Å². The number of hydrogen-bond donors (Lipinski definition) is 0. The molecular formula is C22H38N2O. The maximum Gasteiger partial charge on any atom is 0.119 e. The third-order valence-electron chi connectivity index (χ3n) is 5.40. The third-order valence-corrected chi connectivity index (χ3v) is 5.40. The van der Waals surface area contributed by atoms with Crippen molar-refractivity contribution in [2.45, 2.75) is 71.9 Å². The van der Waals surface area contributed by atoms with Crippen LogP contribution in [0.25, 0.3) is 0 Å². The molecule has 1 fully saturated rings. The molecule has 1 saturated heterocycles. The first-order valence-corrected chi connectivity index (χ1v) is 10.1. The van der Waals surface area contributed by atoms with E-state index in [1.54, 1.807) is 0 Å². The summed E-state index contributed by atoms with van der Waals surface area (Å²) >= 11 is 0. The van der Waals surface area contributed by atoms with Gasteiger partial charge in [-0.05, 0) is 65.6 Å². The second kappa shape index (κ2) is 9.59. The topological polar surface area (TPSA) is 15.7 Å². The first-order valence-electron chi connectivity index (χ1n) is 10.1. The lowest BCUT2D eigenvalue weighted by atomic mass is 9.97. The summed E-state index contributed by atoms with van der Waals surface area (Å²) in [5.41, 5.74) is 1.58. The lowest BCUT2D eigenvalue weighted by Gasteiger charge is -2.44. The van der Waals surface area contributed by atoms with Gasteiger partial charge in [-0.2, -0.15) is 0 Å². The standard InChI is InChI=1S/C22H38N2O/c1-6-7-14-23(17-18-25-21-10-8-19(2)9-11-21)20-12-15-24(16-13-20)22(3,4)5/h8-11,20H,6-7,12-18H2,1-5H3. The summed E-state index contributed by atoms with van der Waals surface area (Å²) in [5.74, 6) is 0.989. The smallest absolute Gasteiger partial charge is 0.119 e. The Morgan fingerprint density at radius 2 is 1.72 bits per heavy atom. The summed E-state index contributed by atoms with van der Waals surface area (Å²) in [5, 5.41) is 0. The van der Waals surface area contributed by atoms with Gasteiger partial charge in [0.15, 0.2) is 0 Å². The van der Waals surface area contributed by atoms with Crippen LogP contribution in [0, 0.1) is 6.92 Å². The van der Waals surface area contributed by atoms with E-state index < -0.39 is 0 Å². The first-order chi connectivity index (χ1) is 11.9. The maximum absolute atomic E-state index is 5.99. The van der Waals surface area contributed by atoms with Crippen LogP contribution in [-0.2, 0) is 0 Å². The minimum absolute atomic E-state index is 0.299. The van der Waals surface area contributed by atoms with E-state index in [-0.39, 0.29) is 0 Å². The van der Waals surface area contributed by atoms with Gasteiger partial charge in [-0.1, -0.05) is 31.0 Å². The fraction of sp³-hybridized carbons (Fsp3) is 0.727. The van der Waals surface area contributed by atoms with Gasteiger partial charge in [0.25, 0.3) is 0 Å². The minimum Gasteiger partial charge on any atom is -0.492 e. The van der Waals surface area contributed by atoms with Gasteiger partial charge in [-0.3, -0.25) is 9.80 Å². The Morgan fingerprint density at radius 3 is 2.28 bits per heavy atom. The maximum atomic E-state index is 5.99. The van der Waals surface area contributed by atoms with Gasteiger partial charge in [0, 0.05) is 31.2 Å². The lowest BCUT2D eigenvalue weighted by Crippen LogP contribution is -2.51. The first kappa shape index (κ1) is 20.3. The van der Waals surface area contributed by atoms with Crippen LogP contribution in [0.3, 0.4) is 0 Å². The SMILES string of the molecule is CCCCN(CCOc1ccc(C)cc1)C1CCN(C(C)(C)C)CC1.